The van der Waals surface area contributed by atoms with Gasteiger partial charge in [0.05, 0.1) is 30.0 Å². The standard InChI is InChI=1S/C14H19NO.C13H19NO.C10H11NO.C8H7NO2.2C5H12/c1-13(2,3)10-5-4-6-11-12(10)16-14(7-8-14)9-15-11;1-13(2,3)10-6-5-7-11-12(10)15-9-8-14(11)4;1-11-9-5-3-2-4-8(9)6-7-10(11)12;1-9-6-4-2-3-5-7(6)11-8(9)10;2*1-5(2,3)4/h4-6,15H,7-9H2,1-3H3;5-7H,8-9H2,1-4H3;2-5H,6-7H2,1H3;2-5H,1H3;2*1-4H3. The predicted octanol–water partition coefficient (Wildman–Crippen LogP) is 13.0. The van der Waals surface area contributed by atoms with Crippen LogP contribution in [-0.4, -0.2) is 49.9 Å². The lowest BCUT2D eigenvalue weighted by Crippen LogP contribution is -2.34. The molecular weight excluding hydrogens is 797 g/mol. The Hall–Kier alpha value is -5.18. The van der Waals surface area contributed by atoms with Gasteiger partial charge in [-0.1, -0.05) is 152 Å². The van der Waals surface area contributed by atoms with E-state index in [1.165, 1.54) is 39.8 Å². The number of nitrogens with one attached hydrogen (secondary N) is 1. The van der Waals surface area contributed by atoms with Crippen molar-refractivity contribution in [3.05, 3.63) is 112 Å². The van der Waals surface area contributed by atoms with Crippen molar-refractivity contribution in [2.45, 2.75) is 139 Å². The number of likely N-dealkylation sites (N-methyl/N-ethyl adjacent to an activating group) is 1. The Labute approximate surface area is 385 Å². The number of anilines is 3. The maximum Gasteiger partial charge on any atom is 0.419 e. The summed E-state index contributed by atoms with van der Waals surface area (Å²) in [6.07, 6.45) is 3.92. The summed E-state index contributed by atoms with van der Waals surface area (Å²) in [6.45, 7) is 33.6. The number of aromatic nitrogens is 1. The van der Waals surface area contributed by atoms with Crippen molar-refractivity contribution in [1.82, 2.24) is 4.57 Å². The molecule has 0 atom stereocenters. The first-order valence-corrected chi connectivity index (χ1v) is 23.0. The number of para-hydroxylation sites is 5. The quantitative estimate of drug-likeness (QED) is 0.166. The summed E-state index contributed by atoms with van der Waals surface area (Å²) < 4.78 is 18.4. The smallest absolute Gasteiger partial charge is 0.419 e. The normalized spacial score (nSPS) is 15.7. The number of hydrogen-bond acceptors (Lipinski definition) is 7. The minimum Gasteiger partial charge on any atom is -0.489 e. The maximum atomic E-state index is 11.3. The fourth-order valence-corrected chi connectivity index (χ4v) is 6.95. The molecule has 9 nitrogen and oxygen atoms in total. The monoisotopic (exact) mass is 877 g/mol. The van der Waals surface area contributed by atoms with Crippen LogP contribution in [0, 0.1) is 10.8 Å². The zero-order valence-corrected chi connectivity index (χ0v) is 42.4. The maximum absolute atomic E-state index is 11.3. The molecule has 1 saturated carbocycles. The lowest BCUT2D eigenvalue weighted by atomic mass is 9.85. The van der Waals surface area contributed by atoms with E-state index < -0.39 is 0 Å². The molecule has 1 fully saturated rings. The summed E-state index contributed by atoms with van der Waals surface area (Å²) >= 11 is 0. The first-order chi connectivity index (χ1) is 29.6. The van der Waals surface area contributed by atoms with Crippen LogP contribution in [-0.2, 0) is 29.1 Å². The molecule has 0 radical (unpaired) electrons. The number of ether oxygens (including phenoxy) is 2. The number of benzene rings is 4. The molecule has 4 aliphatic rings. The SMILES string of the molecule is CC(C)(C)C.CC(C)(C)C.CC(C)(C)c1cccc2c1OC1(CC1)CN2.CN1C(=O)CCc2ccccc21.CN1CCOc2c1cccc2C(C)(C)C.Cn1c(=O)oc2ccccc21. The van der Waals surface area contributed by atoms with Gasteiger partial charge >= 0.3 is 5.76 Å². The summed E-state index contributed by atoms with van der Waals surface area (Å²) in [5.74, 6) is 2.05. The predicted molar refractivity (Wildman–Crippen MR) is 270 cm³/mol. The Bertz CT molecular complexity index is 2340. The fourth-order valence-electron chi connectivity index (χ4n) is 6.95. The third-order valence-electron chi connectivity index (χ3n) is 10.5. The largest absolute Gasteiger partial charge is 0.489 e. The third kappa shape index (κ3) is 15.2. The first-order valence-electron chi connectivity index (χ1n) is 23.0. The van der Waals surface area contributed by atoms with Crippen LogP contribution < -0.4 is 30.3 Å². The Morgan fingerprint density at radius 3 is 1.72 bits per heavy atom. The van der Waals surface area contributed by atoms with Crippen molar-refractivity contribution >= 4 is 34.1 Å². The van der Waals surface area contributed by atoms with Crippen molar-refractivity contribution in [3.63, 3.8) is 0 Å². The van der Waals surface area contributed by atoms with Crippen LogP contribution in [0.2, 0.25) is 0 Å². The van der Waals surface area contributed by atoms with E-state index in [1.807, 2.05) is 43.4 Å². The molecule has 0 bridgehead atoms. The molecule has 64 heavy (non-hydrogen) atoms. The number of carbonyl (C=O) groups excluding carboxylic acids is 1. The van der Waals surface area contributed by atoms with Crippen LogP contribution in [0.1, 0.15) is 133 Å². The van der Waals surface area contributed by atoms with Gasteiger partial charge in [0, 0.05) is 44.4 Å². The van der Waals surface area contributed by atoms with Crippen LogP contribution in [0.4, 0.5) is 17.1 Å². The van der Waals surface area contributed by atoms with E-state index in [4.69, 9.17) is 13.9 Å². The van der Waals surface area contributed by atoms with Crippen molar-refractivity contribution in [2.75, 3.05) is 48.9 Å². The van der Waals surface area contributed by atoms with Gasteiger partial charge in [0.2, 0.25) is 5.91 Å². The van der Waals surface area contributed by atoms with Gasteiger partial charge in [-0.2, -0.15) is 0 Å². The summed E-state index contributed by atoms with van der Waals surface area (Å²) in [4.78, 5) is 26.2. The van der Waals surface area contributed by atoms with Crippen LogP contribution in [0.25, 0.3) is 11.1 Å². The van der Waals surface area contributed by atoms with Crippen molar-refractivity contribution < 1.29 is 18.7 Å². The number of hydrogen-bond donors (Lipinski definition) is 1. The number of carbonyl (C=O) groups is 1. The van der Waals surface area contributed by atoms with E-state index in [1.54, 1.807) is 18.0 Å². The molecule has 0 unspecified atom stereocenters. The molecule has 4 heterocycles. The fraction of sp³-hybridized carbons (Fsp3) is 0.527. The van der Waals surface area contributed by atoms with Gasteiger partial charge in [-0.25, -0.2) is 4.79 Å². The van der Waals surface area contributed by atoms with E-state index >= 15 is 0 Å². The molecule has 4 aromatic carbocycles. The minimum atomic E-state index is -0.314. The Morgan fingerprint density at radius 1 is 0.609 bits per heavy atom. The van der Waals surface area contributed by atoms with Crippen LogP contribution in [0.15, 0.2) is 94.1 Å². The molecule has 0 saturated heterocycles. The zero-order chi connectivity index (χ0) is 47.8. The second-order valence-electron chi connectivity index (χ2n) is 22.7. The molecule has 9 rings (SSSR count). The lowest BCUT2D eigenvalue weighted by molar-refractivity contribution is -0.118. The molecule has 1 N–H and O–H groups in total. The summed E-state index contributed by atoms with van der Waals surface area (Å²) in [5.41, 5.74) is 10.2. The van der Waals surface area contributed by atoms with E-state index in [0.717, 1.165) is 54.5 Å². The van der Waals surface area contributed by atoms with Crippen molar-refractivity contribution in [1.29, 1.82) is 0 Å². The first kappa shape index (κ1) is 51.5. The van der Waals surface area contributed by atoms with Gasteiger partial charge in [0.1, 0.15) is 23.7 Å². The van der Waals surface area contributed by atoms with Crippen LogP contribution in [0.3, 0.4) is 0 Å². The second kappa shape index (κ2) is 20.8. The number of aryl methyl sites for hydroxylation is 2. The second-order valence-corrected chi connectivity index (χ2v) is 22.7. The molecule has 1 aliphatic carbocycles. The summed E-state index contributed by atoms with van der Waals surface area (Å²) in [6, 6.07) is 28.2. The topological polar surface area (TPSA) is 89.2 Å². The highest BCUT2D eigenvalue weighted by Crippen LogP contribution is 2.49. The average Bonchev–Trinajstić information content (AvgIpc) is 3.88. The number of rotatable bonds is 0. The van der Waals surface area contributed by atoms with Gasteiger partial charge in [0.25, 0.3) is 0 Å². The third-order valence-corrected chi connectivity index (χ3v) is 10.5. The Balaban J connectivity index is 0.000000176. The number of oxazole rings is 1. The summed E-state index contributed by atoms with van der Waals surface area (Å²) in [5, 5.41) is 3.50. The molecule has 1 amide bonds. The highest BCUT2D eigenvalue weighted by Gasteiger charge is 2.48. The van der Waals surface area contributed by atoms with Gasteiger partial charge in [-0.05, 0) is 76.8 Å². The zero-order valence-electron chi connectivity index (χ0n) is 42.4. The number of fused-ring (bicyclic) bond motifs is 4. The highest BCUT2D eigenvalue weighted by atomic mass is 16.5. The molecule has 1 aromatic heterocycles. The molecule has 1 spiro atoms. The van der Waals surface area contributed by atoms with E-state index in [9.17, 15) is 9.59 Å². The van der Waals surface area contributed by atoms with E-state index in [-0.39, 0.29) is 28.1 Å². The summed E-state index contributed by atoms with van der Waals surface area (Å²) in [7, 11) is 5.64. The number of nitrogens with zero attached hydrogens (tertiary/aromatic N) is 3. The minimum absolute atomic E-state index is 0.119. The molecular formula is C55H80N4O5. The van der Waals surface area contributed by atoms with Gasteiger partial charge < -0.3 is 29.0 Å². The lowest BCUT2D eigenvalue weighted by Gasteiger charge is -2.32. The van der Waals surface area contributed by atoms with Gasteiger partial charge in [0.15, 0.2) is 5.58 Å². The molecule has 3 aliphatic heterocycles. The van der Waals surface area contributed by atoms with Gasteiger partial charge in [-0.3, -0.25) is 9.36 Å². The van der Waals surface area contributed by atoms with Crippen LogP contribution in [0.5, 0.6) is 11.5 Å². The molecule has 5 aromatic rings. The molecule has 350 valence electrons. The average molecular weight is 877 g/mol. The van der Waals surface area contributed by atoms with E-state index in [0.29, 0.717) is 22.8 Å². The van der Waals surface area contributed by atoms with Gasteiger partial charge in [-0.15, -0.1) is 0 Å². The number of amides is 1. The molecule has 9 heteroatoms. The Morgan fingerprint density at radius 2 is 1.14 bits per heavy atom. The van der Waals surface area contributed by atoms with Crippen molar-refractivity contribution in [3.8, 4) is 11.5 Å². The van der Waals surface area contributed by atoms with Crippen molar-refractivity contribution in [2.24, 2.45) is 17.9 Å². The Kier molecular flexibility index (Phi) is 16.7. The van der Waals surface area contributed by atoms with Crippen LogP contribution >= 0.6 is 0 Å². The highest BCUT2D eigenvalue weighted by molar-refractivity contribution is 5.95. The van der Waals surface area contributed by atoms with E-state index in [2.05, 4.69) is 157 Å².